The van der Waals surface area contributed by atoms with Gasteiger partial charge in [-0.2, -0.15) is 0 Å². The van der Waals surface area contributed by atoms with Gasteiger partial charge in [0.1, 0.15) is 12.4 Å². The Hall–Kier alpha value is -2.70. The van der Waals surface area contributed by atoms with Crippen LogP contribution in [0.1, 0.15) is 26.1 Å². The standard InChI is InChI=1S/C19H23N5O2/c1-12-8-13(2)10-22(9-12)17(25)11-23-19(26)24-14(3)20-16-7-5-4-6-15(16)18(24)21-23/h4-7,12-13H,8-11H2,1-3H3/t12-,13-/m0/s1. The molecule has 2 aromatic heterocycles. The molecule has 1 aliphatic heterocycles. The predicted molar refractivity (Wildman–Crippen MR) is 99.0 cm³/mol. The number of benzene rings is 1. The Morgan fingerprint density at radius 3 is 2.62 bits per heavy atom. The predicted octanol–water partition coefficient (Wildman–Crippen LogP) is 1.86. The molecule has 7 heteroatoms. The lowest BCUT2D eigenvalue weighted by molar-refractivity contribution is -0.134. The molecule has 0 radical (unpaired) electrons. The molecule has 26 heavy (non-hydrogen) atoms. The summed E-state index contributed by atoms with van der Waals surface area (Å²) >= 11 is 0. The Kier molecular flexibility index (Phi) is 4.01. The molecule has 1 aliphatic rings. The SMILES string of the molecule is Cc1nc2ccccc2c2nn(CC(=O)N3C[C@@H](C)C[C@H](C)C3)c(=O)n12. The quantitative estimate of drug-likeness (QED) is 0.705. The summed E-state index contributed by atoms with van der Waals surface area (Å²) in [5.74, 6) is 1.48. The minimum absolute atomic E-state index is 0.0340. The van der Waals surface area contributed by atoms with Gasteiger partial charge in [0.2, 0.25) is 5.91 Å². The normalized spacial score (nSPS) is 20.8. The maximum Gasteiger partial charge on any atom is 0.352 e. The molecular formula is C19H23N5O2. The van der Waals surface area contributed by atoms with Crippen molar-refractivity contribution in [3.63, 3.8) is 0 Å². The maximum atomic E-state index is 12.8. The van der Waals surface area contributed by atoms with Crippen molar-refractivity contribution in [2.45, 2.75) is 33.7 Å². The Bertz CT molecular complexity index is 1040. The number of likely N-dealkylation sites (tertiary alicyclic amines) is 1. The van der Waals surface area contributed by atoms with Crippen molar-refractivity contribution < 1.29 is 4.79 Å². The van der Waals surface area contributed by atoms with Crippen LogP contribution in [0.15, 0.2) is 29.1 Å². The number of hydrogen-bond donors (Lipinski definition) is 0. The van der Waals surface area contributed by atoms with Gasteiger partial charge in [-0.3, -0.25) is 4.79 Å². The van der Waals surface area contributed by atoms with Gasteiger partial charge >= 0.3 is 5.69 Å². The average molecular weight is 353 g/mol. The van der Waals surface area contributed by atoms with Gasteiger partial charge in [-0.1, -0.05) is 26.0 Å². The molecule has 4 rings (SSSR count). The molecule has 0 unspecified atom stereocenters. The topological polar surface area (TPSA) is 72.5 Å². The Balaban J connectivity index is 1.72. The van der Waals surface area contributed by atoms with E-state index in [0.29, 0.717) is 23.3 Å². The highest BCUT2D eigenvalue weighted by Gasteiger charge is 2.26. The lowest BCUT2D eigenvalue weighted by atomic mass is 9.92. The molecule has 1 amide bonds. The highest BCUT2D eigenvalue weighted by atomic mass is 16.2. The van der Waals surface area contributed by atoms with Crippen molar-refractivity contribution in [1.82, 2.24) is 24.1 Å². The lowest BCUT2D eigenvalue weighted by Gasteiger charge is -2.34. The van der Waals surface area contributed by atoms with Gasteiger partial charge in [0.15, 0.2) is 5.65 Å². The van der Waals surface area contributed by atoms with Gasteiger partial charge in [-0.05, 0) is 37.3 Å². The number of carbonyl (C=O) groups is 1. The van der Waals surface area contributed by atoms with E-state index in [1.165, 1.54) is 9.08 Å². The number of fused-ring (bicyclic) bond motifs is 3. The van der Waals surface area contributed by atoms with Crippen molar-refractivity contribution in [1.29, 1.82) is 0 Å². The van der Waals surface area contributed by atoms with Crippen LogP contribution >= 0.6 is 0 Å². The summed E-state index contributed by atoms with van der Waals surface area (Å²) in [6.07, 6.45) is 1.13. The first kappa shape index (κ1) is 16.8. The second-order valence-electron chi connectivity index (χ2n) is 7.52. The van der Waals surface area contributed by atoms with Gasteiger partial charge in [0.05, 0.1) is 5.52 Å². The summed E-state index contributed by atoms with van der Waals surface area (Å²) in [5.41, 5.74) is 1.02. The van der Waals surface area contributed by atoms with E-state index in [9.17, 15) is 9.59 Å². The molecule has 3 heterocycles. The molecule has 1 saturated heterocycles. The van der Waals surface area contributed by atoms with Gasteiger partial charge in [-0.15, -0.1) is 5.10 Å². The van der Waals surface area contributed by atoms with Crippen molar-refractivity contribution in [3.8, 4) is 0 Å². The maximum absolute atomic E-state index is 12.8. The number of nitrogens with zero attached hydrogens (tertiary/aromatic N) is 5. The summed E-state index contributed by atoms with van der Waals surface area (Å²) in [5, 5.41) is 5.26. The summed E-state index contributed by atoms with van der Waals surface area (Å²) in [6, 6.07) is 7.59. The van der Waals surface area contributed by atoms with Crippen LogP contribution in [0.2, 0.25) is 0 Å². The number of aryl methyl sites for hydroxylation is 1. The van der Waals surface area contributed by atoms with Crippen molar-refractivity contribution in [3.05, 3.63) is 40.6 Å². The van der Waals surface area contributed by atoms with E-state index in [1.807, 2.05) is 29.2 Å². The van der Waals surface area contributed by atoms with Crippen molar-refractivity contribution in [2.24, 2.45) is 11.8 Å². The van der Waals surface area contributed by atoms with E-state index in [0.717, 1.165) is 30.4 Å². The van der Waals surface area contributed by atoms with E-state index in [-0.39, 0.29) is 18.1 Å². The monoisotopic (exact) mass is 353 g/mol. The Morgan fingerprint density at radius 2 is 1.88 bits per heavy atom. The molecule has 3 aromatic rings. The van der Waals surface area contributed by atoms with Crippen LogP contribution in [-0.2, 0) is 11.3 Å². The van der Waals surface area contributed by atoms with E-state index in [4.69, 9.17) is 0 Å². The zero-order chi connectivity index (χ0) is 18.4. The molecule has 136 valence electrons. The van der Waals surface area contributed by atoms with E-state index < -0.39 is 0 Å². The molecule has 1 fully saturated rings. The Morgan fingerprint density at radius 1 is 1.19 bits per heavy atom. The van der Waals surface area contributed by atoms with E-state index in [2.05, 4.69) is 23.9 Å². The number of carbonyl (C=O) groups excluding carboxylic acids is 1. The third kappa shape index (κ3) is 2.77. The molecular weight excluding hydrogens is 330 g/mol. The molecule has 2 atom stereocenters. The molecule has 0 bridgehead atoms. The fourth-order valence-electron chi connectivity index (χ4n) is 4.06. The van der Waals surface area contributed by atoms with Crippen LogP contribution in [0.25, 0.3) is 16.6 Å². The fraction of sp³-hybridized carbons (Fsp3) is 0.474. The number of piperidine rings is 1. The average Bonchev–Trinajstić information content (AvgIpc) is 2.91. The molecule has 7 nitrogen and oxygen atoms in total. The largest absolute Gasteiger partial charge is 0.352 e. The van der Waals surface area contributed by atoms with Crippen LogP contribution in [-0.4, -0.2) is 43.1 Å². The van der Waals surface area contributed by atoms with Crippen molar-refractivity contribution >= 4 is 22.5 Å². The number of hydrogen-bond acceptors (Lipinski definition) is 4. The minimum Gasteiger partial charge on any atom is -0.341 e. The third-order valence-corrected chi connectivity index (χ3v) is 5.10. The number of aromatic nitrogens is 4. The first-order valence-corrected chi connectivity index (χ1v) is 9.06. The molecule has 0 saturated carbocycles. The zero-order valence-corrected chi connectivity index (χ0v) is 15.3. The van der Waals surface area contributed by atoms with E-state index in [1.54, 1.807) is 6.92 Å². The number of amides is 1. The van der Waals surface area contributed by atoms with Gasteiger partial charge in [0, 0.05) is 18.5 Å². The van der Waals surface area contributed by atoms with Gasteiger partial charge in [0.25, 0.3) is 0 Å². The number of para-hydroxylation sites is 1. The number of rotatable bonds is 2. The highest BCUT2D eigenvalue weighted by molar-refractivity contribution is 5.91. The first-order valence-electron chi connectivity index (χ1n) is 9.06. The highest BCUT2D eigenvalue weighted by Crippen LogP contribution is 2.21. The molecule has 0 spiro atoms. The Labute approximate surface area is 151 Å². The summed E-state index contributed by atoms with van der Waals surface area (Å²) in [7, 11) is 0. The fourth-order valence-corrected chi connectivity index (χ4v) is 4.06. The smallest absolute Gasteiger partial charge is 0.341 e. The molecule has 0 N–H and O–H groups in total. The summed E-state index contributed by atoms with van der Waals surface area (Å²) in [6.45, 7) is 7.56. The van der Waals surface area contributed by atoms with Crippen LogP contribution in [0.4, 0.5) is 0 Å². The summed E-state index contributed by atoms with van der Waals surface area (Å²) in [4.78, 5) is 31.9. The second kappa shape index (κ2) is 6.23. The molecule has 0 aliphatic carbocycles. The lowest BCUT2D eigenvalue weighted by Crippen LogP contribution is -2.45. The van der Waals surface area contributed by atoms with Crippen LogP contribution in [0, 0.1) is 18.8 Å². The molecule has 1 aromatic carbocycles. The zero-order valence-electron chi connectivity index (χ0n) is 15.3. The summed E-state index contributed by atoms with van der Waals surface area (Å²) < 4.78 is 2.75. The minimum atomic E-state index is -0.317. The van der Waals surface area contributed by atoms with Crippen LogP contribution < -0.4 is 5.69 Å². The van der Waals surface area contributed by atoms with Gasteiger partial charge in [-0.25, -0.2) is 18.9 Å². The second-order valence-corrected chi connectivity index (χ2v) is 7.52. The van der Waals surface area contributed by atoms with Crippen molar-refractivity contribution in [2.75, 3.05) is 13.1 Å². The van der Waals surface area contributed by atoms with Crippen LogP contribution in [0.5, 0.6) is 0 Å². The van der Waals surface area contributed by atoms with Gasteiger partial charge < -0.3 is 4.90 Å². The first-order chi connectivity index (χ1) is 12.4. The van der Waals surface area contributed by atoms with E-state index >= 15 is 0 Å². The third-order valence-electron chi connectivity index (χ3n) is 5.10. The van der Waals surface area contributed by atoms with Crippen LogP contribution in [0.3, 0.4) is 0 Å².